The van der Waals surface area contributed by atoms with Gasteiger partial charge in [-0.05, 0) is 43.5 Å². The highest BCUT2D eigenvalue weighted by Gasteiger charge is 2.31. The average molecular weight is 449 g/mol. The van der Waals surface area contributed by atoms with Crippen molar-refractivity contribution in [3.63, 3.8) is 0 Å². The van der Waals surface area contributed by atoms with E-state index in [0.717, 1.165) is 15.8 Å². The molecule has 1 saturated heterocycles. The molecule has 0 amide bonds. The van der Waals surface area contributed by atoms with Crippen LogP contribution in [0.4, 0.5) is 0 Å². The molecule has 1 aliphatic rings. The molecule has 7 nitrogen and oxygen atoms in total. The Bertz CT molecular complexity index is 1150. The van der Waals surface area contributed by atoms with Gasteiger partial charge < -0.3 is 14.2 Å². The third-order valence-corrected chi connectivity index (χ3v) is 8.07. The Hall–Kier alpha value is -2.36. The second-order valence-electron chi connectivity index (χ2n) is 7.14. The van der Waals surface area contributed by atoms with Crippen LogP contribution in [0.25, 0.3) is 10.2 Å². The molecule has 0 bridgehead atoms. The van der Waals surface area contributed by atoms with Gasteiger partial charge in [-0.25, -0.2) is 13.4 Å². The lowest BCUT2D eigenvalue weighted by Gasteiger charge is -2.30. The van der Waals surface area contributed by atoms with Crippen LogP contribution in [0.1, 0.15) is 18.4 Å². The highest BCUT2D eigenvalue weighted by Crippen LogP contribution is 2.33. The summed E-state index contributed by atoms with van der Waals surface area (Å²) in [4.78, 5) is 4.79. The molecule has 30 heavy (non-hydrogen) atoms. The van der Waals surface area contributed by atoms with Crippen molar-refractivity contribution in [1.82, 2.24) is 9.29 Å². The Morgan fingerprint density at radius 1 is 1.07 bits per heavy atom. The minimum Gasteiger partial charge on any atom is -0.493 e. The van der Waals surface area contributed by atoms with Crippen molar-refractivity contribution in [3.05, 3.63) is 42.0 Å². The van der Waals surface area contributed by atoms with Gasteiger partial charge in [0, 0.05) is 19.2 Å². The minimum absolute atomic E-state index is 0.0530. The van der Waals surface area contributed by atoms with Gasteiger partial charge in [-0.2, -0.15) is 4.31 Å². The Labute approximate surface area is 180 Å². The third kappa shape index (κ3) is 3.97. The molecule has 2 heterocycles. The summed E-state index contributed by atoms with van der Waals surface area (Å²) >= 11 is 1.52. The summed E-state index contributed by atoms with van der Waals surface area (Å²) in [5.41, 5.74) is 2.08. The lowest BCUT2D eigenvalue weighted by atomic mass is 10.1. The number of thiazole rings is 1. The third-order valence-electron chi connectivity index (χ3n) is 5.26. The summed E-state index contributed by atoms with van der Waals surface area (Å²) in [6.45, 7) is 2.82. The molecule has 1 aliphatic heterocycles. The van der Waals surface area contributed by atoms with Crippen molar-refractivity contribution >= 4 is 31.6 Å². The zero-order chi connectivity index (χ0) is 21.3. The molecule has 0 atom stereocenters. The fourth-order valence-corrected chi connectivity index (χ4v) is 6.02. The SMILES string of the molecule is COc1ccc(S(=O)(=O)N2CCC(Oc3nc4c(C)cccc4s3)CC2)cc1OC. The normalized spacial score (nSPS) is 16.0. The van der Waals surface area contributed by atoms with E-state index in [1.165, 1.54) is 35.9 Å². The molecule has 160 valence electrons. The number of methoxy groups -OCH3 is 2. The van der Waals surface area contributed by atoms with E-state index in [1.807, 2.05) is 25.1 Å². The lowest BCUT2D eigenvalue weighted by Crippen LogP contribution is -2.41. The molecule has 0 aliphatic carbocycles. The van der Waals surface area contributed by atoms with E-state index in [-0.39, 0.29) is 11.0 Å². The molecule has 4 rings (SSSR count). The maximum atomic E-state index is 13.1. The summed E-state index contributed by atoms with van der Waals surface area (Å²) in [6, 6.07) is 10.7. The number of nitrogens with zero attached hydrogens (tertiary/aromatic N) is 2. The number of benzene rings is 2. The molecule has 0 saturated carbocycles. The zero-order valence-electron chi connectivity index (χ0n) is 17.1. The topological polar surface area (TPSA) is 78.0 Å². The van der Waals surface area contributed by atoms with E-state index in [9.17, 15) is 8.42 Å². The maximum Gasteiger partial charge on any atom is 0.274 e. The number of ether oxygens (including phenoxy) is 3. The van der Waals surface area contributed by atoms with Crippen molar-refractivity contribution < 1.29 is 22.6 Å². The number of piperidine rings is 1. The number of rotatable bonds is 6. The Morgan fingerprint density at radius 3 is 2.47 bits per heavy atom. The van der Waals surface area contributed by atoms with E-state index < -0.39 is 10.0 Å². The highest BCUT2D eigenvalue weighted by atomic mass is 32.2. The van der Waals surface area contributed by atoms with Gasteiger partial charge in [-0.1, -0.05) is 23.5 Å². The molecule has 0 radical (unpaired) electrons. The van der Waals surface area contributed by atoms with Crippen LogP contribution in [-0.4, -0.2) is 51.1 Å². The molecule has 0 unspecified atom stereocenters. The Balaban J connectivity index is 1.44. The van der Waals surface area contributed by atoms with Crippen molar-refractivity contribution in [2.24, 2.45) is 0 Å². The Morgan fingerprint density at radius 2 is 1.80 bits per heavy atom. The van der Waals surface area contributed by atoms with Crippen LogP contribution in [0, 0.1) is 6.92 Å². The van der Waals surface area contributed by atoms with Gasteiger partial charge in [0.05, 0.1) is 29.3 Å². The molecular formula is C21H24N2O5S2. The van der Waals surface area contributed by atoms with E-state index in [0.29, 0.717) is 42.6 Å². The lowest BCUT2D eigenvalue weighted by molar-refractivity contribution is 0.135. The van der Waals surface area contributed by atoms with E-state index in [4.69, 9.17) is 14.2 Å². The van der Waals surface area contributed by atoms with Crippen LogP contribution in [-0.2, 0) is 10.0 Å². The van der Waals surface area contributed by atoms with Crippen LogP contribution < -0.4 is 14.2 Å². The zero-order valence-corrected chi connectivity index (χ0v) is 18.8. The number of fused-ring (bicyclic) bond motifs is 1. The smallest absolute Gasteiger partial charge is 0.274 e. The van der Waals surface area contributed by atoms with Gasteiger partial charge in [0.2, 0.25) is 10.0 Å². The number of sulfonamides is 1. The average Bonchev–Trinajstić information content (AvgIpc) is 3.17. The summed E-state index contributed by atoms with van der Waals surface area (Å²) in [6.07, 6.45) is 1.17. The van der Waals surface area contributed by atoms with E-state index in [2.05, 4.69) is 4.98 Å². The molecule has 9 heteroatoms. The molecule has 2 aromatic carbocycles. The Kier molecular flexibility index (Phi) is 5.86. The minimum atomic E-state index is -3.61. The molecular weight excluding hydrogens is 424 g/mol. The van der Waals surface area contributed by atoms with Gasteiger partial charge in [0.15, 0.2) is 11.5 Å². The number of aryl methyl sites for hydroxylation is 1. The first-order chi connectivity index (χ1) is 14.4. The molecule has 0 spiro atoms. The van der Waals surface area contributed by atoms with E-state index >= 15 is 0 Å². The monoisotopic (exact) mass is 448 g/mol. The first-order valence-corrected chi connectivity index (χ1v) is 11.9. The predicted molar refractivity (Wildman–Crippen MR) is 116 cm³/mol. The largest absolute Gasteiger partial charge is 0.493 e. The fraction of sp³-hybridized carbons (Fsp3) is 0.381. The molecule has 1 aromatic heterocycles. The van der Waals surface area contributed by atoms with Crippen LogP contribution in [0.5, 0.6) is 16.7 Å². The maximum absolute atomic E-state index is 13.1. The van der Waals surface area contributed by atoms with Crippen LogP contribution in [0.2, 0.25) is 0 Å². The summed E-state index contributed by atoms with van der Waals surface area (Å²) in [7, 11) is -0.609. The first kappa shape index (κ1) is 20.9. The van der Waals surface area contributed by atoms with Crippen molar-refractivity contribution in [3.8, 4) is 16.7 Å². The number of para-hydroxylation sites is 1. The molecule has 1 fully saturated rings. The van der Waals surface area contributed by atoms with Gasteiger partial charge >= 0.3 is 0 Å². The van der Waals surface area contributed by atoms with Crippen LogP contribution >= 0.6 is 11.3 Å². The second kappa shape index (κ2) is 8.41. The van der Waals surface area contributed by atoms with Crippen LogP contribution in [0.15, 0.2) is 41.3 Å². The van der Waals surface area contributed by atoms with Gasteiger partial charge in [-0.15, -0.1) is 0 Å². The van der Waals surface area contributed by atoms with Gasteiger partial charge in [0.1, 0.15) is 6.10 Å². The van der Waals surface area contributed by atoms with Gasteiger partial charge in [-0.3, -0.25) is 0 Å². The molecule has 0 N–H and O–H groups in total. The predicted octanol–water partition coefficient (Wildman–Crippen LogP) is 3.85. The standard InChI is InChI=1S/C21H24N2O5S2/c1-14-5-4-6-19-20(14)22-21(29-19)28-15-9-11-23(12-10-15)30(24,25)16-7-8-17(26-2)18(13-16)27-3/h4-8,13,15H,9-12H2,1-3H3. The summed E-state index contributed by atoms with van der Waals surface area (Å²) in [5.74, 6) is 0.887. The van der Waals surface area contributed by atoms with Gasteiger partial charge in [0.25, 0.3) is 5.19 Å². The highest BCUT2D eigenvalue weighted by molar-refractivity contribution is 7.89. The summed E-state index contributed by atoms with van der Waals surface area (Å²) in [5, 5.41) is 0.639. The summed E-state index contributed by atoms with van der Waals surface area (Å²) < 4.78 is 45.2. The second-order valence-corrected chi connectivity index (χ2v) is 10.1. The number of aromatic nitrogens is 1. The van der Waals surface area contributed by atoms with Crippen LogP contribution in [0.3, 0.4) is 0 Å². The quantitative estimate of drug-likeness (QED) is 0.570. The van der Waals surface area contributed by atoms with Crippen molar-refractivity contribution in [1.29, 1.82) is 0 Å². The van der Waals surface area contributed by atoms with Crippen molar-refractivity contribution in [2.45, 2.75) is 30.8 Å². The van der Waals surface area contributed by atoms with E-state index in [1.54, 1.807) is 12.1 Å². The number of hydrogen-bond acceptors (Lipinski definition) is 7. The van der Waals surface area contributed by atoms with Crippen molar-refractivity contribution in [2.75, 3.05) is 27.3 Å². The fourth-order valence-electron chi connectivity index (χ4n) is 3.58. The first-order valence-electron chi connectivity index (χ1n) is 9.67. The number of hydrogen-bond donors (Lipinski definition) is 0. The molecule has 3 aromatic rings.